The third-order valence-electron chi connectivity index (χ3n) is 4.01. The first kappa shape index (κ1) is 14.9. The van der Waals surface area contributed by atoms with Crippen molar-refractivity contribution in [3.63, 3.8) is 0 Å². The zero-order valence-electron chi connectivity index (χ0n) is 12.1. The van der Waals surface area contributed by atoms with Crippen LogP contribution in [0.2, 0.25) is 0 Å². The van der Waals surface area contributed by atoms with Crippen molar-refractivity contribution in [1.29, 1.82) is 0 Å². The summed E-state index contributed by atoms with van der Waals surface area (Å²) in [7, 11) is 1.66. The molecule has 1 amide bonds. The summed E-state index contributed by atoms with van der Waals surface area (Å²) in [6, 6.07) is 8.24. The van der Waals surface area contributed by atoms with Crippen molar-refractivity contribution in [1.82, 2.24) is 5.32 Å². The van der Waals surface area contributed by atoms with Crippen molar-refractivity contribution >= 4 is 5.91 Å². The Labute approximate surface area is 120 Å². The Hall–Kier alpha value is -1.55. The Balaban J connectivity index is 1.70. The number of hydrogen-bond donors (Lipinski definition) is 2. The molecule has 0 aliphatic heterocycles. The minimum Gasteiger partial charge on any atom is -0.497 e. The number of amides is 1. The zero-order valence-corrected chi connectivity index (χ0v) is 12.1. The van der Waals surface area contributed by atoms with Crippen LogP contribution in [-0.2, 0) is 11.2 Å². The Morgan fingerprint density at radius 1 is 1.25 bits per heavy atom. The monoisotopic (exact) mass is 276 g/mol. The molecule has 4 heteroatoms. The first-order valence-electron chi connectivity index (χ1n) is 7.35. The van der Waals surface area contributed by atoms with Crippen molar-refractivity contribution in [3.05, 3.63) is 29.8 Å². The highest BCUT2D eigenvalue weighted by Crippen LogP contribution is 2.23. The predicted octanol–water partition coefficient (Wildman–Crippen LogP) is 1.87. The second-order valence-electron chi connectivity index (χ2n) is 5.50. The van der Waals surface area contributed by atoms with Gasteiger partial charge in [0.1, 0.15) is 5.75 Å². The number of rotatable bonds is 5. The van der Waals surface area contributed by atoms with E-state index < -0.39 is 0 Å². The van der Waals surface area contributed by atoms with Gasteiger partial charge in [0.25, 0.3) is 0 Å². The van der Waals surface area contributed by atoms with Crippen LogP contribution in [0.1, 0.15) is 31.2 Å². The molecule has 1 aliphatic carbocycles. The molecule has 0 heterocycles. The summed E-state index contributed by atoms with van der Waals surface area (Å²) in [5.41, 5.74) is 7.06. The number of benzene rings is 1. The normalized spacial score (nSPS) is 22.3. The van der Waals surface area contributed by atoms with E-state index in [1.807, 2.05) is 24.3 Å². The molecule has 1 aromatic carbocycles. The van der Waals surface area contributed by atoms with Gasteiger partial charge in [-0.05, 0) is 49.8 Å². The Kier molecular flexibility index (Phi) is 5.41. The lowest BCUT2D eigenvalue weighted by Gasteiger charge is -2.25. The molecule has 1 fully saturated rings. The van der Waals surface area contributed by atoms with Gasteiger partial charge >= 0.3 is 0 Å². The van der Waals surface area contributed by atoms with Gasteiger partial charge in [0, 0.05) is 18.5 Å². The van der Waals surface area contributed by atoms with Crippen molar-refractivity contribution < 1.29 is 9.53 Å². The molecule has 0 atom stereocenters. The zero-order chi connectivity index (χ0) is 14.4. The van der Waals surface area contributed by atoms with Crippen LogP contribution < -0.4 is 15.8 Å². The number of methoxy groups -OCH3 is 1. The summed E-state index contributed by atoms with van der Waals surface area (Å²) in [5, 5.41) is 3.03. The van der Waals surface area contributed by atoms with Crippen LogP contribution in [-0.4, -0.2) is 25.6 Å². The van der Waals surface area contributed by atoms with Gasteiger partial charge in [-0.3, -0.25) is 4.79 Å². The first-order valence-corrected chi connectivity index (χ1v) is 7.35. The molecule has 4 nitrogen and oxygen atoms in total. The van der Waals surface area contributed by atoms with Crippen LogP contribution in [0, 0.1) is 5.92 Å². The minimum absolute atomic E-state index is 0.158. The molecular formula is C16H24N2O2. The molecule has 0 bridgehead atoms. The minimum atomic E-state index is 0.158. The van der Waals surface area contributed by atoms with E-state index >= 15 is 0 Å². The molecular weight excluding hydrogens is 252 g/mol. The molecule has 0 unspecified atom stereocenters. The fourth-order valence-electron chi connectivity index (χ4n) is 2.65. The van der Waals surface area contributed by atoms with Gasteiger partial charge < -0.3 is 15.8 Å². The topological polar surface area (TPSA) is 64.3 Å². The number of ether oxygens (including phenoxy) is 1. The summed E-state index contributed by atoms with van der Waals surface area (Å²) in [5.74, 6) is 1.20. The van der Waals surface area contributed by atoms with E-state index in [0.717, 1.165) is 37.9 Å². The summed E-state index contributed by atoms with van der Waals surface area (Å²) in [6.07, 6.45) is 4.64. The van der Waals surface area contributed by atoms with Gasteiger partial charge in [0.15, 0.2) is 0 Å². The highest BCUT2D eigenvalue weighted by atomic mass is 16.5. The van der Waals surface area contributed by atoms with Crippen LogP contribution in [0.25, 0.3) is 0 Å². The Bertz CT molecular complexity index is 423. The van der Waals surface area contributed by atoms with Gasteiger partial charge in [0.2, 0.25) is 5.91 Å². The molecule has 0 saturated heterocycles. The second-order valence-corrected chi connectivity index (χ2v) is 5.50. The highest BCUT2D eigenvalue weighted by molar-refractivity contribution is 5.78. The van der Waals surface area contributed by atoms with Crippen molar-refractivity contribution in [3.8, 4) is 5.75 Å². The Morgan fingerprint density at radius 3 is 2.50 bits per heavy atom. The summed E-state index contributed by atoms with van der Waals surface area (Å²) in [4.78, 5) is 12.0. The van der Waals surface area contributed by atoms with Gasteiger partial charge in [-0.25, -0.2) is 0 Å². The summed E-state index contributed by atoms with van der Waals surface area (Å²) < 4.78 is 5.12. The molecule has 0 spiro atoms. The molecule has 0 aromatic heterocycles. The van der Waals surface area contributed by atoms with Gasteiger partial charge in [-0.1, -0.05) is 12.1 Å². The van der Waals surface area contributed by atoms with Gasteiger partial charge in [-0.2, -0.15) is 0 Å². The standard InChI is InChI=1S/C16H24N2O2/c1-20-15-8-2-12(3-9-15)10-11-18-16(19)13-4-6-14(17)7-5-13/h2-3,8-9,13-14H,4-7,10-11,17H2,1H3,(H,18,19). The number of nitrogens with two attached hydrogens (primary N) is 1. The molecule has 3 N–H and O–H groups in total. The fourth-order valence-corrected chi connectivity index (χ4v) is 2.65. The number of hydrogen-bond acceptors (Lipinski definition) is 3. The van der Waals surface area contributed by atoms with Crippen LogP contribution in [0.4, 0.5) is 0 Å². The first-order chi connectivity index (χ1) is 9.69. The van der Waals surface area contributed by atoms with E-state index in [9.17, 15) is 4.79 Å². The van der Waals surface area contributed by atoms with Crippen molar-refractivity contribution in [2.24, 2.45) is 11.7 Å². The lowest BCUT2D eigenvalue weighted by molar-refractivity contribution is -0.125. The molecule has 2 rings (SSSR count). The van der Waals surface area contributed by atoms with Crippen LogP contribution in [0.15, 0.2) is 24.3 Å². The quantitative estimate of drug-likeness (QED) is 0.863. The Morgan fingerprint density at radius 2 is 1.90 bits per heavy atom. The van der Waals surface area contributed by atoms with Crippen molar-refractivity contribution in [2.75, 3.05) is 13.7 Å². The van der Waals surface area contributed by atoms with E-state index in [0.29, 0.717) is 12.6 Å². The highest BCUT2D eigenvalue weighted by Gasteiger charge is 2.23. The number of carbonyl (C=O) groups is 1. The third kappa shape index (κ3) is 4.23. The molecule has 20 heavy (non-hydrogen) atoms. The van der Waals surface area contributed by atoms with E-state index in [2.05, 4.69) is 5.32 Å². The van der Waals surface area contributed by atoms with Crippen LogP contribution >= 0.6 is 0 Å². The largest absolute Gasteiger partial charge is 0.497 e. The van der Waals surface area contributed by atoms with Gasteiger partial charge in [0.05, 0.1) is 7.11 Å². The van der Waals surface area contributed by atoms with E-state index in [-0.39, 0.29) is 11.8 Å². The average Bonchev–Trinajstić information content (AvgIpc) is 2.48. The molecule has 110 valence electrons. The van der Waals surface area contributed by atoms with Crippen molar-refractivity contribution in [2.45, 2.75) is 38.1 Å². The molecule has 0 radical (unpaired) electrons. The maximum Gasteiger partial charge on any atom is 0.223 e. The maximum atomic E-state index is 12.0. The number of nitrogens with one attached hydrogen (secondary N) is 1. The maximum absolute atomic E-state index is 12.0. The number of carbonyl (C=O) groups excluding carboxylic acids is 1. The molecule has 1 aliphatic rings. The lowest BCUT2D eigenvalue weighted by Crippen LogP contribution is -2.37. The van der Waals surface area contributed by atoms with E-state index in [4.69, 9.17) is 10.5 Å². The third-order valence-corrected chi connectivity index (χ3v) is 4.01. The van der Waals surface area contributed by atoms with E-state index in [1.54, 1.807) is 7.11 Å². The predicted molar refractivity (Wildman–Crippen MR) is 79.6 cm³/mol. The summed E-state index contributed by atoms with van der Waals surface area (Å²) in [6.45, 7) is 0.688. The van der Waals surface area contributed by atoms with Crippen LogP contribution in [0.5, 0.6) is 5.75 Å². The molecule has 1 aromatic rings. The second kappa shape index (κ2) is 7.29. The average molecular weight is 276 g/mol. The summed E-state index contributed by atoms with van der Waals surface area (Å²) >= 11 is 0. The van der Waals surface area contributed by atoms with E-state index in [1.165, 1.54) is 5.56 Å². The smallest absolute Gasteiger partial charge is 0.223 e. The van der Waals surface area contributed by atoms with Gasteiger partial charge in [-0.15, -0.1) is 0 Å². The molecule has 1 saturated carbocycles. The van der Waals surface area contributed by atoms with Crippen LogP contribution in [0.3, 0.4) is 0 Å². The fraction of sp³-hybridized carbons (Fsp3) is 0.562. The lowest BCUT2D eigenvalue weighted by atomic mass is 9.86. The SMILES string of the molecule is COc1ccc(CCNC(=O)C2CCC(N)CC2)cc1.